The lowest BCUT2D eigenvalue weighted by Crippen LogP contribution is -2.60. The molecule has 28 heteroatoms. The van der Waals surface area contributed by atoms with Gasteiger partial charge in [-0.05, 0) is 86.2 Å². The summed E-state index contributed by atoms with van der Waals surface area (Å²) in [6.45, 7) is 20.7. The van der Waals surface area contributed by atoms with Crippen molar-refractivity contribution in [1.82, 2.24) is 36.5 Å². The number of azide groups is 1. The largest absolute Gasteiger partial charge is 0.494 e. The summed E-state index contributed by atoms with van der Waals surface area (Å²) in [6, 6.07) is 11.3. The smallest absolute Gasteiger partial charge is 0.354 e. The number of hydrogen-bond donors (Lipinski definition) is 6. The van der Waals surface area contributed by atoms with E-state index in [0.29, 0.717) is 29.1 Å². The van der Waals surface area contributed by atoms with Gasteiger partial charge in [0.25, 0.3) is 5.91 Å². The lowest BCUT2D eigenvalue weighted by Gasteiger charge is -2.39. The number of nitrogens with zero attached hydrogens (tertiary/aromatic N) is 4. The Morgan fingerprint density at radius 2 is 1.67 bits per heavy atom. The van der Waals surface area contributed by atoms with Crippen molar-refractivity contribution >= 4 is 80.8 Å². The van der Waals surface area contributed by atoms with Gasteiger partial charge in [-0.15, -0.1) is 0 Å². The molecular formula is C62H90N10O16Si2. The molecule has 7 atom stereocenters. The van der Waals surface area contributed by atoms with Gasteiger partial charge in [-0.1, -0.05) is 100 Å². The second-order valence-electron chi connectivity index (χ2n) is 25.1. The minimum absolute atomic E-state index is 0.0370. The third-order valence-corrected chi connectivity index (χ3v) is 21.4. The number of fused-ring (bicyclic) bond motifs is 1. The second-order valence-corrected chi connectivity index (χ2v) is 35.4. The van der Waals surface area contributed by atoms with Crippen LogP contribution in [0.5, 0.6) is 5.75 Å². The van der Waals surface area contributed by atoms with Crippen molar-refractivity contribution in [1.29, 1.82) is 0 Å². The molecule has 5 rings (SSSR count). The highest BCUT2D eigenvalue weighted by Gasteiger charge is 2.50. The molecule has 2 saturated heterocycles. The number of carbonyl (C=O) groups is 8. The molecule has 1 aromatic heterocycles. The molecule has 0 radical (unpaired) electrons. The van der Waals surface area contributed by atoms with Crippen LogP contribution in [0.4, 0.5) is 0 Å². The number of aromatic amines is 1. The van der Waals surface area contributed by atoms with E-state index >= 15 is 0 Å². The summed E-state index contributed by atoms with van der Waals surface area (Å²) in [5.41, 5.74) is 11.1. The number of H-pyrrole nitrogens is 1. The Balaban J connectivity index is 1.41. The van der Waals surface area contributed by atoms with Gasteiger partial charge in [0.1, 0.15) is 36.9 Å². The molecule has 26 nitrogen and oxygen atoms in total. The monoisotopic (exact) mass is 1290 g/mol. The van der Waals surface area contributed by atoms with E-state index in [-0.39, 0.29) is 55.3 Å². The molecular weight excluding hydrogens is 1200 g/mol. The number of allylic oxidation sites excluding steroid dienone is 2. The molecule has 90 heavy (non-hydrogen) atoms. The zero-order valence-corrected chi connectivity index (χ0v) is 56.1. The first-order chi connectivity index (χ1) is 42.4. The number of ether oxygens (including phenoxy) is 7. The maximum atomic E-state index is 15.0. The maximum absolute atomic E-state index is 15.0. The van der Waals surface area contributed by atoms with E-state index in [0.717, 1.165) is 22.3 Å². The highest BCUT2D eigenvalue weighted by atomic mass is 28.4. The summed E-state index contributed by atoms with van der Waals surface area (Å²) >= 11 is 0. The standard InChI is InChI=1S/C62H90N10O16Si2/c1-15-83-40-27-25-39(26-28-40)21-17-16-18-24-48-56(87-62(5,6)86-48)55(70-49(73)31-41(35-65-71-63)88-90(13,14)61(2,3)4)57(85-38-81-8)59(79)69-45-33-50(74)66-46(45)34-52(76)72(7)37-51(75)67-47(58(78)64-36-53(77)84-29-30-89(10,11)12)32-43-42-22-19-20-23-44(42)68-54(43)60(80)82-9/h16-23,25-28,34,41,45,47-48,55-57,68H,15,24,29-33,35-38H2,1-14H3,(H,64,78)(H,66,74)(H,67,75)(H,69,79)(H,70,73)/b18-16+,21-17+,46-34-/t41-,45-,47-,48+,55-,56-,57+/m1/s1. The molecule has 0 unspecified atom stereocenters. The van der Waals surface area contributed by atoms with E-state index in [1.807, 2.05) is 89.4 Å². The van der Waals surface area contributed by atoms with Crippen molar-refractivity contribution in [3.05, 3.63) is 106 Å². The Bertz CT molecular complexity index is 3150. The van der Waals surface area contributed by atoms with Gasteiger partial charge in [0.05, 0.1) is 70.5 Å². The van der Waals surface area contributed by atoms with E-state index in [1.165, 1.54) is 21.3 Å². The van der Waals surface area contributed by atoms with Crippen LogP contribution in [0.25, 0.3) is 27.4 Å². The first-order valence-electron chi connectivity index (χ1n) is 29.9. The number of hydrogen-bond acceptors (Lipinski definition) is 17. The van der Waals surface area contributed by atoms with Gasteiger partial charge in [-0.2, -0.15) is 0 Å². The Morgan fingerprint density at radius 1 is 0.956 bits per heavy atom. The van der Waals surface area contributed by atoms with Crippen LogP contribution in [-0.2, 0) is 72.8 Å². The molecule has 2 aliphatic rings. The first-order valence-corrected chi connectivity index (χ1v) is 36.5. The molecule has 6 amide bonds. The predicted octanol–water partition coefficient (Wildman–Crippen LogP) is 6.47. The fourth-order valence-corrected chi connectivity index (χ4v) is 11.6. The Hall–Kier alpha value is -7.70. The average molecular weight is 1290 g/mol. The third kappa shape index (κ3) is 22.4. The Labute approximate surface area is 528 Å². The second kappa shape index (κ2) is 33.4. The van der Waals surface area contributed by atoms with Crippen molar-refractivity contribution in [2.45, 2.75) is 159 Å². The topological polar surface area (TPSA) is 338 Å². The number of methoxy groups -OCH3 is 2. The molecule has 0 bridgehead atoms. The zero-order chi connectivity index (χ0) is 66.6. The Morgan fingerprint density at radius 3 is 2.32 bits per heavy atom. The third-order valence-electron chi connectivity index (χ3n) is 15.2. The summed E-state index contributed by atoms with van der Waals surface area (Å²) in [6.07, 6.45) is 3.42. The lowest BCUT2D eigenvalue weighted by atomic mass is 9.96. The van der Waals surface area contributed by atoms with Crippen molar-refractivity contribution in [3.63, 3.8) is 0 Å². The van der Waals surface area contributed by atoms with Crippen molar-refractivity contribution in [3.8, 4) is 5.75 Å². The van der Waals surface area contributed by atoms with Gasteiger partial charge in [-0.25, -0.2) is 4.79 Å². The van der Waals surface area contributed by atoms with Gasteiger partial charge in [0, 0.05) is 56.2 Å². The molecule has 0 spiro atoms. The van der Waals surface area contributed by atoms with Gasteiger partial charge in [0.15, 0.2) is 20.2 Å². The quantitative estimate of drug-likeness (QED) is 0.00556. The summed E-state index contributed by atoms with van der Waals surface area (Å²) in [5.74, 6) is -6.37. The van der Waals surface area contributed by atoms with Crippen LogP contribution >= 0.6 is 0 Å². The molecule has 6 N–H and O–H groups in total. The summed E-state index contributed by atoms with van der Waals surface area (Å²) < 4.78 is 47.0. The van der Waals surface area contributed by atoms with Crippen molar-refractivity contribution in [2.24, 2.45) is 5.11 Å². The number of benzene rings is 2. The van der Waals surface area contributed by atoms with Crippen LogP contribution in [0.15, 0.2) is 83.6 Å². The molecule has 0 saturated carbocycles. The van der Waals surface area contributed by atoms with E-state index in [9.17, 15) is 43.9 Å². The Kier molecular flexibility index (Phi) is 27.1. The van der Waals surface area contributed by atoms with Crippen LogP contribution < -0.4 is 31.3 Å². The van der Waals surface area contributed by atoms with Crippen molar-refractivity contribution < 1.29 is 75.9 Å². The number of likely N-dealkylation sites (N-methyl/N-ethyl adjacent to an activating group) is 1. The fraction of sp³-hybridized carbons (Fsp3) is 0.548. The minimum Gasteiger partial charge on any atom is -0.494 e. The molecule has 492 valence electrons. The summed E-state index contributed by atoms with van der Waals surface area (Å²) in [4.78, 5) is 117. The first kappa shape index (κ1) is 73.0. The molecule has 0 aliphatic carbocycles. The van der Waals surface area contributed by atoms with Gasteiger partial charge < -0.3 is 74.1 Å². The number of nitrogens with one attached hydrogen (secondary N) is 6. The predicted molar refractivity (Wildman–Crippen MR) is 341 cm³/mol. The van der Waals surface area contributed by atoms with Gasteiger partial charge in [0.2, 0.25) is 29.5 Å². The van der Waals surface area contributed by atoms with Crippen molar-refractivity contribution in [2.75, 3.05) is 60.9 Å². The normalized spacial score (nSPS) is 18.5. The van der Waals surface area contributed by atoms with Gasteiger partial charge in [-0.3, -0.25) is 33.6 Å². The van der Waals surface area contributed by atoms with E-state index < -0.39 is 132 Å². The van der Waals surface area contributed by atoms with Crippen LogP contribution in [0.1, 0.15) is 82.4 Å². The number of amides is 6. The number of aromatic nitrogens is 1. The number of carbonyl (C=O) groups excluding carboxylic acids is 8. The molecule has 3 heterocycles. The van der Waals surface area contributed by atoms with Crippen LogP contribution in [0.3, 0.4) is 0 Å². The molecule has 2 aliphatic heterocycles. The molecule has 2 aromatic carbocycles. The molecule has 2 fully saturated rings. The van der Waals surface area contributed by atoms with E-state index in [1.54, 1.807) is 38.1 Å². The highest BCUT2D eigenvalue weighted by molar-refractivity contribution is 6.76. The van der Waals surface area contributed by atoms with Gasteiger partial charge >= 0.3 is 11.9 Å². The summed E-state index contributed by atoms with van der Waals surface area (Å²) in [7, 11) is -0.265. The highest BCUT2D eigenvalue weighted by Crippen LogP contribution is 2.38. The van der Waals surface area contributed by atoms with E-state index in [4.69, 9.17) is 37.6 Å². The lowest BCUT2D eigenvalue weighted by molar-refractivity contribution is -0.165. The SMILES string of the molecule is CCOc1ccc(/C=C/C=C/C[C@@H]2OC(C)(C)O[C@H]2[C@@H](NC(=O)C[C@H](CN=[N+]=[N-])O[Si](C)(C)C(C)(C)C)[C@H](OCOC)C(=O)N[C@@H]2CC(=O)N/C2=C\C(=O)N(C)CC(=O)N[C@H](Cc2c(C(=O)OC)[nH]c3ccccc23)C(=O)NCC(=O)OCC[Si](C)(C)C)cc1. The number of rotatable bonds is 33. The average Bonchev–Trinajstić information content (AvgIpc) is 1.64. The molecule has 3 aromatic rings. The maximum Gasteiger partial charge on any atom is 0.354 e. The zero-order valence-electron chi connectivity index (χ0n) is 54.1. The number of esters is 2. The van der Waals surface area contributed by atoms with Crippen LogP contribution in [0, 0.1) is 0 Å². The van der Waals surface area contributed by atoms with E-state index in [2.05, 4.69) is 61.2 Å². The van der Waals surface area contributed by atoms with Crippen LogP contribution in [0.2, 0.25) is 43.8 Å². The number of para-hydroxylation sites is 1. The fourth-order valence-electron chi connectivity index (χ4n) is 9.58. The van der Waals surface area contributed by atoms with Crippen LogP contribution in [-0.4, -0.2) is 183 Å². The minimum atomic E-state index is -2.56. The summed E-state index contributed by atoms with van der Waals surface area (Å²) in [5, 5.41) is 17.6.